The van der Waals surface area contributed by atoms with Gasteiger partial charge in [-0.25, -0.2) is 0 Å². The monoisotopic (exact) mass is 253 g/mol. The Labute approximate surface area is 107 Å². The standard InChI is InChI=1S/C13H19NO4/c1-4-11(13(14)16)18-12-7-9(17-3)5-6-10(12)8(2)15/h5-8,11,15H,4H2,1-3H3,(H2,14,16)/t8-,11?/m0/s1. The van der Waals surface area contributed by atoms with Crippen LogP contribution in [0.4, 0.5) is 0 Å². The topological polar surface area (TPSA) is 81.8 Å². The van der Waals surface area contributed by atoms with Crippen molar-refractivity contribution in [1.82, 2.24) is 0 Å². The molecule has 1 aromatic rings. The van der Waals surface area contributed by atoms with Gasteiger partial charge in [-0.15, -0.1) is 0 Å². The molecule has 0 aliphatic heterocycles. The van der Waals surface area contributed by atoms with E-state index in [-0.39, 0.29) is 0 Å². The Morgan fingerprint density at radius 1 is 1.50 bits per heavy atom. The maximum atomic E-state index is 11.2. The predicted octanol–water partition coefficient (Wildman–Crippen LogP) is 1.39. The van der Waals surface area contributed by atoms with Gasteiger partial charge in [0, 0.05) is 11.6 Å². The molecule has 18 heavy (non-hydrogen) atoms. The van der Waals surface area contributed by atoms with Crippen LogP contribution >= 0.6 is 0 Å². The first-order chi connectivity index (χ1) is 8.49. The molecule has 2 atom stereocenters. The average Bonchev–Trinajstić information content (AvgIpc) is 2.34. The van der Waals surface area contributed by atoms with Gasteiger partial charge in [-0.3, -0.25) is 4.79 Å². The Hall–Kier alpha value is -1.75. The van der Waals surface area contributed by atoms with E-state index in [4.69, 9.17) is 15.2 Å². The van der Waals surface area contributed by atoms with Crippen molar-refractivity contribution in [2.45, 2.75) is 32.5 Å². The lowest BCUT2D eigenvalue weighted by atomic mass is 10.1. The van der Waals surface area contributed by atoms with E-state index < -0.39 is 18.1 Å². The molecular weight excluding hydrogens is 234 g/mol. The van der Waals surface area contributed by atoms with Crippen LogP contribution in [0.5, 0.6) is 11.5 Å². The minimum absolute atomic E-state index is 0.412. The van der Waals surface area contributed by atoms with Crippen molar-refractivity contribution in [3.8, 4) is 11.5 Å². The molecule has 3 N–H and O–H groups in total. The second-order valence-corrected chi connectivity index (χ2v) is 4.00. The second-order valence-electron chi connectivity index (χ2n) is 4.00. The van der Waals surface area contributed by atoms with Gasteiger partial charge in [0.15, 0.2) is 6.10 Å². The molecule has 100 valence electrons. The summed E-state index contributed by atoms with van der Waals surface area (Å²) in [7, 11) is 1.53. The fourth-order valence-electron chi connectivity index (χ4n) is 1.58. The zero-order chi connectivity index (χ0) is 13.7. The number of carbonyl (C=O) groups excluding carboxylic acids is 1. The number of benzene rings is 1. The largest absolute Gasteiger partial charge is 0.497 e. The smallest absolute Gasteiger partial charge is 0.258 e. The van der Waals surface area contributed by atoms with Gasteiger partial charge in [0.05, 0.1) is 13.2 Å². The van der Waals surface area contributed by atoms with Gasteiger partial charge in [-0.05, 0) is 25.5 Å². The average molecular weight is 253 g/mol. The molecule has 0 saturated carbocycles. The number of carbonyl (C=O) groups is 1. The summed E-state index contributed by atoms with van der Waals surface area (Å²) >= 11 is 0. The molecule has 5 nitrogen and oxygen atoms in total. The van der Waals surface area contributed by atoms with E-state index >= 15 is 0 Å². The normalized spacial score (nSPS) is 13.8. The molecule has 0 radical (unpaired) electrons. The van der Waals surface area contributed by atoms with Crippen LogP contribution in [0.25, 0.3) is 0 Å². The number of ether oxygens (including phenoxy) is 2. The van der Waals surface area contributed by atoms with Crippen LogP contribution < -0.4 is 15.2 Å². The van der Waals surface area contributed by atoms with Gasteiger partial charge in [0.1, 0.15) is 11.5 Å². The lowest BCUT2D eigenvalue weighted by Crippen LogP contribution is -2.33. The molecule has 1 rings (SSSR count). The highest BCUT2D eigenvalue weighted by Gasteiger charge is 2.18. The van der Waals surface area contributed by atoms with Crippen molar-refractivity contribution in [3.63, 3.8) is 0 Å². The van der Waals surface area contributed by atoms with Gasteiger partial charge in [0.25, 0.3) is 5.91 Å². The summed E-state index contributed by atoms with van der Waals surface area (Å²) in [5.41, 5.74) is 5.83. The van der Waals surface area contributed by atoms with Crippen molar-refractivity contribution in [3.05, 3.63) is 23.8 Å². The number of hydrogen-bond donors (Lipinski definition) is 2. The van der Waals surface area contributed by atoms with E-state index in [1.807, 2.05) is 0 Å². The Morgan fingerprint density at radius 3 is 2.61 bits per heavy atom. The highest BCUT2D eigenvalue weighted by Crippen LogP contribution is 2.30. The van der Waals surface area contributed by atoms with E-state index in [1.165, 1.54) is 7.11 Å². The molecule has 0 fully saturated rings. The molecule has 1 aromatic carbocycles. The number of methoxy groups -OCH3 is 1. The fourth-order valence-corrected chi connectivity index (χ4v) is 1.58. The van der Waals surface area contributed by atoms with E-state index in [9.17, 15) is 9.90 Å². The number of hydrogen-bond acceptors (Lipinski definition) is 4. The SMILES string of the molecule is CCC(Oc1cc(OC)ccc1[C@H](C)O)C(N)=O. The second kappa shape index (κ2) is 6.26. The first kappa shape index (κ1) is 14.3. The van der Waals surface area contributed by atoms with Crippen molar-refractivity contribution >= 4 is 5.91 Å². The lowest BCUT2D eigenvalue weighted by Gasteiger charge is -2.19. The van der Waals surface area contributed by atoms with E-state index in [0.717, 1.165) is 0 Å². The summed E-state index contributed by atoms with van der Waals surface area (Å²) < 4.78 is 10.6. The number of aliphatic hydroxyl groups is 1. The molecule has 0 heterocycles. The third kappa shape index (κ3) is 3.37. The Kier molecular flexibility index (Phi) is 4.97. The highest BCUT2D eigenvalue weighted by atomic mass is 16.5. The molecule has 0 spiro atoms. The minimum Gasteiger partial charge on any atom is -0.497 e. The number of aliphatic hydroxyl groups excluding tert-OH is 1. The Morgan fingerprint density at radius 2 is 2.17 bits per heavy atom. The van der Waals surface area contributed by atoms with Crippen molar-refractivity contribution < 1.29 is 19.4 Å². The van der Waals surface area contributed by atoms with E-state index in [2.05, 4.69) is 0 Å². The van der Waals surface area contributed by atoms with Crippen molar-refractivity contribution in [2.24, 2.45) is 5.73 Å². The number of primary amides is 1. The molecule has 0 saturated heterocycles. The summed E-state index contributed by atoms with van der Waals surface area (Å²) in [6, 6.07) is 5.06. The maximum absolute atomic E-state index is 11.2. The van der Waals surface area contributed by atoms with Crippen LogP contribution in [-0.2, 0) is 4.79 Å². The summed E-state index contributed by atoms with van der Waals surface area (Å²) in [6.45, 7) is 3.43. The lowest BCUT2D eigenvalue weighted by molar-refractivity contribution is -0.124. The zero-order valence-electron chi connectivity index (χ0n) is 10.8. The van der Waals surface area contributed by atoms with E-state index in [0.29, 0.717) is 23.5 Å². The minimum atomic E-state index is -0.713. The van der Waals surface area contributed by atoms with Gasteiger partial charge in [-0.2, -0.15) is 0 Å². The molecule has 0 bridgehead atoms. The molecule has 0 aliphatic rings. The first-order valence-electron chi connectivity index (χ1n) is 5.81. The molecule has 0 aliphatic carbocycles. The predicted molar refractivity (Wildman–Crippen MR) is 67.5 cm³/mol. The van der Waals surface area contributed by atoms with Crippen LogP contribution in [0.1, 0.15) is 31.9 Å². The highest BCUT2D eigenvalue weighted by molar-refractivity contribution is 5.79. The Balaban J connectivity index is 3.07. The number of amides is 1. The van der Waals surface area contributed by atoms with E-state index in [1.54, 1.807) is 32.0 Å². The third-order valence-electron chi connectivity index (χ3n) is 2.63. The van der Waals surface area contributed by atoms with Gasteiger partial charge >= 0.3 is 0 Å². The summed E-state index contributed by atoms with van der Waals surface area (Å²) in [5.74, 6) is 0.473. The van der Waals surface area contributed by atoms with Crippen molar-refractivity contribution in [2.75, 3.05) is 7.11 Å². The van der Waals surface area contributed by atoms with Crippen LogP contribution in [0.3, 0.4) is 0 Å². The maximum Gasteiger partial charge on any atom is 0.258 e. The zero-order valence-corrected chi connectivity index (χ0v) is 10.8. The summed E-state index contributed by atoms with van der Waals surface area (Å²) in [4.78, 5) is 11.2. The van der Waals surface area contributed by atoms with Crippen LogP contribution in [0.2, 0.25) is 0 Å². The number of nitrogens with two attached hydrogens (primary N) is 1. The number of rotatable bonds is 6. The summed E-state index contributed by atoms with van der Waals surface area (Å²) in [6.07, 6.45) is -0.947. The van der Waals surface area contributed by atoms with Gasteiger partial charge in [0.2, 0.25) is 0 Å². The summed E-state index contributed by atoms with van der Waals surface area (Å²) in [5, 5.41) is 9.66. The molecule has 0 aromatic heterocycles. The van der Waals surface area contributed by atoms with Crippen molar-refractivity contribution in [1.29, 1.82) is 0 Å². The van der Waals surface area contributed by atoms with Crippen LogP contribution in [0, 0.1) is 0 Å². The molecular formula is C13H19NO4. The molecule has 5 heteroatoms. The quantitative estimate of drug-likeness (QED) is 0.802. The van der Waals surface area contributed by atoms with Gasteiger partial charge < -0.3 is 20.3 Å². The third-order valence-corrected chi connectivity index (χ3v) is 2.63. The van der Waals surface area contributed by atoms with Gasteiger partial charge in [-0.1, -0.05) is 6.92 Å². The first-order valence-corrected chi connectivity index (χ1v) is 5.81. The molecule has 1 amide bonds. The Bertz CT molecular complexity index is 417. The molecule has 1 unspecified atom stereocenters. The van der Waals surface area contributed by atoms with Crippen LogP contribution in [0.15, 0.2) is 18.2 Å². The fraction of sp³-hybridized carbons (Fsp3) is 0.462. The van der Waals surface area contributed by atoms with Crippen LogP contribution in [-0.4, -0.2) is 24.2 Å².